The third kappa shape index (κ3) is 2.58. The molecule has 0 aliphatic carbocycles. The van der Waals surface area contributed by atoms with E-state index in [2.05, 4.69) is 0 Å². The van der Waals surface area contributed by atoms with E-state index in [-0.39, 0.29) is 0 Å². The summed E-state index contributed by atoms with van der Waals surface area (Å²) in [6.45, 7) is 0. The van der Waals surface area contributed by atoms with Crippen molar-refractivity contribution in [2.75, 3.05) is 0 Å². The highest BCUT2D eigenvalue weighted by Crippen LogP contribution is 2.14. The van der Waals surface area contributed by atoms with E-state index in [1.807, 2.05) is 35.7 Å². The van der Waals surface area contributed by atoms with Crippen molar-refractivity contribution in [1.82, 2.24) is 0 Å². The highest BCUT2D eigenvalue weighted by molar-refractivity contribution is 7.10. The molecule has 16 heavy (non-hydrogen) atoms. The maximum atomic E-state index is 10.8. The average Bonchev–Trinajstić information content (AvgIpc) is 2.79. The average molecular weight is 230 g/mol. The lowest BCUT2D eigenvalue weighted by Gasteiger charge is -1.96. The number of thiophene rings is 1. The molecule has 1 aromatic carbocycles. The molecule has 0 saturated heterocycles. The first-order valence-electron chi connectivity index (χ1n) is 4.80. The Labute approximate surface area is 97.5 Å². The number of hydrogen-bond acceptors (Lipinski definition) is 2. The second kappa shape index (κ2) is 4.77. The molecule has 0 fully saturated rings. The molecule has 0 spiro atoms. The molecule has 0 aliphatic rings. The Hall–Kier alpha value is -1.87. The van der Waals surface area contributed by atoms with Gasteiger partial charge in [-0.1, -0.05) is 24.3 Å². The minimum Gasteiger partial charge on any atom is -0.478 e. The summed E-state index contributed by atoms with van der Waals surface area (Å²) in [6, 6.07) is 10.9. The molecule has 1 heterocycles. The minimum absolute atomic E-state index is 0.313. The van der Waals surface area contributed by atoms with Crippen molar-refractivity contribution in [2.24, 2.45) is 0 Å². The van der Waals surface area contributed by atoms with Crippen molar-refractivity contribution in [2.45, 2.75) is 0 Å². The van der Waals surface area contributed by atoms with Gasteiger partial charge in [0.15, 0.2) is 0 Å². The van der Waals surface area contributed by atoms with Gasteiger partial charge in [0.25, 0.3) is 0 Å². The molecule has 2 rings (SSSR count). The Kier molecular flexibility index (Phi) is 3.17. The highest BCUT2D eigenvalue weighted by Gasteiger charge is 2.00. The molecule has 0 bridgehead atoms. The molecule has 0 unspecified atom stereocenters. The van der Waals surface area contributed by atoms with Crippen LogP contribution in [0, 0.1) is 0 Å². The SMILES string of the molecule is O=C(O)c1cccc(/C=C\c2cccs2)c1. The Morgan fingerprint density at radius 2 is 2.06 bits per heavy atom. The molecular formula is C13H10O2S. The van der Waals surface area contributed by atoms with E-state index in [9.17, 15) is 4.79 Å². The Bertz CT molecular complexity index is 512. The highest BCUT2D eigenvalue weighted by atomic mass is 32.1. The van der Waals surface area contributed by atoms with Crippen LogP contribution in [-0.4, -0.2) is 11.1 Å². The van der Waals surface area contributed by atoms with Gasteiger partial charge in [-0.2, -0.15) is 0 Å². The molecule has 3 heteroatoms. The molecule has 0 aliphatic heterocycles. The predicted octanol–water partition coefficient (Wildman–Crippen LogP) is 3.62. The number of benzene rings is 1. The van der Waals surface area contributed by atoms with Crippen molar-refractivity contribution < 1.29 is 9.90 Å². The van der Waals surface area contributed by atoms with Crippen LogP contribution in [0.15, 0.2) is 41.8 Å². The summed E-state index contributed by atoms with van der Waals surface area (Å²) < 4.78 is 0. The van der Waals surface area contributed by atoms with Gasteiger partial charge < -0.3 is 5.11 Å². The fourth-order valence-electron chi connectivity index (χ4n) is 1.34. The third-order valence-corrected chi connectivity index (χ3v) is 2.95. The summed E-state index contributed by atoms with van der Waals surface area (Å²) in [5.41, 5.74) is 1.21. The van der Waals surface area contributed by atoms with Crippen molar-refractivity contribution >= 4 is 29.5 Å². The van der Waals surface area contributed by atoms with E-state index in [1.165, 1.54) is 0 Å². The van der Waals surface area contributed by atoms with Crippen molar-refractivity contribution in [3.8, 4) is 0 Å². The van der Waals surface area contributed by atoms with E-state index in [4.69, 9.17) is 5.11 Å². The molecule has 1 N–H and O–H groups in total. The van der Waals surface area contributed by atoms with Crippen LogP contribution in [0.2, 0.25) is 0 Å². The van der Waals surface area contributed by atoms with Crippen LogP contribution in [-0.2, 0) is 0 Å². The molecular weight excluding hydrogens is 220 g/mol. The van der Waals surface area contributed by atoms with Gasteiger partial charge in [0.2, 0.25) is 0 Å². The lowest BCUT2D eigenvalue weighted by Crippen LogP contribution is -1.95. The zero-order valence-electron chi connectivity index (χ0n) is 8.46. The number of carbonyl (C=O) groups is 1. The largest absolute Gasteiger partial charge is 0.478 e. The van der Waals surface area contributed by atoms with Crippen LogP contribution in [0.3, 0.4) is 0 Å². The Balaban J connectivity index is 2.22. The summed E-state index contributed by atoms with van der Waals surface area (Å²) in [4.78, 5) is 11.9. The van der Waals surface area contributed by atoms with E-state index in [0.717, 1.165) is 10.4 Å². The van der Waals surface area contributed by atoms with Crippen LogP contribution in [0.4, 0.5) is 0 Å². The quantitative estimate of drug-likeness (QED) is 0.874. The third-order valence-electron chi connectivity index (χ3n) is 2.12. The fraction of sp³-hybridized carbons (Fsp3) is 0. The molecule has 2 aromatic rings. The Morgan fingerprint density at radius 1 is 1.19 bits per heavy atom. The van der Waals surface area contributed by atoms with Crippen LogP contribution >= 0.6 is 11.3 Å². The maximum Gasteiger partial charge on any atom is 0.335 e. The van der Waals surface area contributed by atoms with Crippen LogP contribution in [0.5, 0.6) is 0 Å². The van der Waals surface area contributed by atoms with Crippen molar-refractivity contribution in [3.63, 3.8) is 0 Å². The van der Waals surface area contributed by atoms with Gasteiger partial charge in [-0.15, -0.1) is 11.3 Å². The van der Waals surface area contributed by atoms with Crippen LogP contribution in [0.25, 0.3) is 12.2 Å². The number of carboxylic acid groups (broad SMARTS) is 1. The molecule has 80 valence electrons. The van der Waals surface area contributed by atoms with E-state index < -0.39 is 5.97 Å². The fourth-order valence-corrected chi connectivity index (χ4v) is 1.96. The second-order valence-electron chi connectivity index (χ2n) is 3.28. The molecule has 2 nitrogen and oxygen atoms in total. The topological polar surface area (TPSA) is 37.3 Å². The van der Waals surface area contributed by atoms with Gasteiger partial charge in [0, 0.05) is 4.88 Å². The summed E-state index contributed by atoms with van der Waals surface area (Å²) in [5.74, 6) is -0.897. The molecule has 0 radical (unpaired) electrons. The van der Waals surface area contributed by atoms with Gasteiger partial charge in [-0.25, -0.2) is 4.79 Å². The predicted molar refractivity (Wildman–Crippen MR) is 66.6 cm³/mol. The smallest absolute Gasteiger partial charge is 0.335 e. The van der Waals surface area contributed by atoms with E-state index in [1.54, 1.807) is 29.5 Å². The lowest BCUT2D eigenvalue weighted by atomic mass is 10.1. The molecule has 0 saturated carbocycles. The van der Waals surface area contributed by atoms with Gasteiger partial charge in [0.05, 0.1) is 5.56 Å². The molecule has 0 atom stereocenters. The number of rotatable bonds is 3. The van der Waals surface area contributed by atoms with Crippen LogP contribution < -0.4 is 0 Å². The van der Waals surface area contributed by atoms with Gasteiger partial charge >= 0.3 is 5.97 Å². The Morgan fingerprint density at radius 3 is 2.75 bits per heavy atom. The standard InChI is InChI=1S/C13H10O2S/c14-13(15)11-4-1-3-10(9-11)6-7-12-5-2-8-16-12/h1-9H,(H,14,15)/b7-6-. The molecule has 0 amide bonds. The van der Waals surface area contributed by atoms with Gasteiger partial charge in [-0.3, -0.25) is 0 Å². The first kappa shape index (κ1) is 10.6. The number of hydrogen-bond donors (Lipinski definition) is 1. The zero-order chi connectivity index (χ0) is 11.4. The normalized spacial score (nSPS) is 10.8. The zero-order valence-corrected chi connectivity index (χ0v) is 9.28. The first-order valence-corrected chi connectivity index (χ1v) is 5.68. The van der Waals surface area contributed by atoms with Crippen LogP contribution in [0.1, 0.15) is 20.8 Å². The van der Waals surface area contributed by atoms with E-state index >= 15 is 0 Å². The summed E-state index contributed by atoms with van der Waals surface area (Å²) in [6.07, 6.45) is 3.89. The van der Waals surface area contributed by atoms with Crippen molar-refractivity contribution in [3.05, 3.63) is 57.8 Å². The van der Waals surface area contributed by atoms with Crippen molar-refractivity contribution in [1.29, 1.82) is 0 Å². The lowest BCUT2D eigenvalue weighted by molar-refractivity contribution is 0.0697. The summed E-state index contributed by atoms with van der Waals surface area (Å²) >= 11 is 1.65. The van der Waals surface area contributed by atoms with Gasteiger partial charge in [-0.05, 0) is 35.2 Å². The van der Waals surface area contributed by atoms with Gasteiger partial charge in [0.1, 0.15) is 0 Å². The number of carboxylic acids is 1. The molecule has 1 aromatic heterocycles. The summed E-state index contributed by atoms with van der Waals surface area (Å²) in [5, 5.41) is 10.8. The second-order valence-corrected chi connectivity index (χ2v) is 4.26. The van der Waals surface area contributed by atoms with E-state index in [0.29, 0.717) is 5.56 Å². The minimum atomic E-state index is -0.897. The summed E-state index contributed by atoms with van der Waals surface area (Å²) in [7, 11) is 0. The maximum absolute atomic E-state index is 10.8. The monoisotopic (exact) mass is 230 g/mol. The first-order chi connectivity index (χ1) is 7.75. The number of aromatic carboxylic acids is 1.